The lowest BCUT2D eigenvalue weighted by atomic mass is 10.1. The zero-order chi connectivity index (χ0) is 26.3. The molecule has 10 heteroatoms. The lowest BCUT2D eigenvalue weighted by Gasteiger charge is -2.40. The molecule has 0 aliphatic carbocycles. The Hall–Kier alpha value is -3.66. The van der Waals surface area contributed by atoms with Gasteiger partial charge in [0, 0.05) is 37.3 Å². The number of fused-ring (bicyclic) bond motifs is 1. The summed E-state index contributed by atoms with van der Waals surface area (Å²) >= 11 is 0. The second kappa shape index (κ2) is 10.0. The molecule has 0 spiro atoms. The number of imidazole rings is 1. The van der Waals surface area contributed by atoms with Crippen molar-refractivity contribution in [2.75, 3.05) is 36.4 Å². The Morgan fingerprint density at radius 2 is 1.86 bits per heavy atom. The van der Waals surface area contributed by atoms with Crippen LogP contribution in [0.2, 0.25) is 0 Å². The summed E-state index contributed by atoms with van der Waals surface area (Å²) in [5.74, 6) is 0.254. The Morgan fingerprint density at radius 3 is 2.54 bits per heavy atom. The fraction of sp³-hybridized carbons (Fsp3) is 0.407. The number of hydrogen-bond acceptors (Lipinski definition) is 7. The number of rotatable bonds is 6. The predicted molar refractivity (Wildman–Crippen MR) is 142 cm³/mol. The van der Waals surface area contributed by atoms with E-state index < -0.39 is 11.6 Å². The van der Waals surface area contributed by atoms with Gasteiger partial charge in [-0.3, -0.25) is 4.90 Å². The maximum Gasteiger partial charge on any atom is 0.229 e. The van der Waals surface area contributed by atoms with Crippen molar-refractivity contribution in [3.63, 3.8) is 0 Å². The number of benzene rings is 1. The van der Waals surface area contributed by atoms with Crippen molar-refractivity contribution in [3.05, 3.63) is 54.1 Å². The van der Waals surface area contributed by atoms with Crippen LogP contribution in [0.15, 0.2) is 36.7 Å². The van der Waals surface area contributed by atoms with Crippen LogP contribution in [0.4, 0.5) is 26.2 Å². The molecule has 1 fully saturated rings. The number of aromatic nitrogens is 5. The van der Waals surface area contributed by atoms with Gasteiger partial charge in [-0.05, 0) is 58.5 Å². The third-order valence-corrected chi connectivity index (χ3v) is 6.98. The number of piperazine rings is 1. The predicted octanol–water partition coefficient (Wildman–Crippen LogP) is 5.33. The molecule has 8 nitrogen and oxygen atoms in total. The van der Waals surface area contributed by atoms with Gasteiger partial charge in [0.25, 0.3) is 0 Å². The fourth-order valence-electron chi connectivity index (χ4n) is 5.15. The van der Waals surface area contributed by atoms with Crippen molar-refractivity contribution in [2.45, 2.75) is 46.7 Å². The zero-order valence-electron chi connectivity index (χ0n) is 21.8. The maximum atomic E-state index is 15.0. The molecule has 0 bridgehead atoms. The van der Waals surface area contributed by atoms with Gasteiger partial charge in [0.1, 0.15) is 22.9 Å². The maximum absolute atomic E-state index is 15.0. The van der Waals surface area contributed by atoms with Gasteiger partial charge in [0.2, 0.25) is 5.95 Å². The number of nitrogens with zero attached hydrogens (tertiary/aromatic N) is 7. The normalized spacial score (nSPS) is 16.6. The van der Waals surface area contributed by atoms with Gasteiger partial charge in [-0.25, -0.2) is 28.7 Å². The number of nitrogens with one attached hydrogen (secondary N) is 1. The van der Waals surface area contributed by atoms with Gasteiger partial charge in [0.05, 0.1) is 23.6 Å². The van der Waals surface area contributed by atoms with Gasteiger partial charge >= 0.3 is 0 Å². The van der Waals surface area contributed by atoms with E-state index in [0.29, 0.717) is 28.8 Å². The van der Waals surface area contributed by atoms with Crippen molar-refractivity contribution in [3.8, 4) is 11.3 Å². The molecular weight excluding hydrogens is 474 g/mol. The minimum absolute atomic E-state index is 0.00635. The first-order chi connectivity index (χ1) is 17.7. The summed E-state index contributed by atoms with van der Waals surface area (Å²) in [7, 11) is 0. The highest BCUT2D eigenvalue weighted by Gasteiger charge is 2.23. The topological polar surface area (TPSA) is 75.0 Å². The van der Waals surface area contributed by atoms with Gasteiger partial charge < -0.3 is 14.8 Å². The van der Waals surface area contributed by atoms with Gasteiger partial charge in [-0.1, -0.05) is 6.92 Å². The van der Waals surface area contributed by atoms with Gasteiger partial charge in [-0.15, -0.1) is 0 Å². The van der Waals surface area contributed by atoms with Crippen LogP contribution in [-0.4, -0.2) is 61.6 Å². The number of pyridine rings is 1. The van der Waals surface area contributed by atoms with Crippen LogP contribution in [0.25, 0.3) is 22.3 Å². The SMILES string of the molecule is CCN1CCN(c2ccc(Nc3ncc(F)c(-c4cc(F)c5nc(C)n(C(C)C)c5c4)n3)nc2)CC1C. The molecule has 0 saturated carbocycles. The van der Waals surface area contributed by atoms with E-state index in [-0.39, 0.29) is 23.2 Å². The quantitative estimate of drug-likeness (QED) is 0.379. The van der Waals surface area contributed by atoms with Crippen molar-refractivity contribution >= 4 is 28.5 Å². The Labute approximate surface area is 215 Å². The molecular formula is C27H32F2N8. The Bertz CT molecular complexity index is 1420. The summed E-state index contributed by atoms with van der Waals surface area (Å²) in [5.41, 5.74) is 2.24. The minimum Gasteiger partial charge on any atom is -0.367 e. The molecule has 4 aromatic rings. The van der Waals surface area contributed by atoms with Crippen molar-refractivity contribution < 1.29 is 8.78 Å². The molecule has 1 aliphatic rings. The first-order valence-electron chi connectivity index (χ1n) is 12.7. The molecule has 4 heterocycles. The Morgan fingerprint density at radius 1 is 1.05 bits per heavy atom. The second-order valence-corrected chi connectivity index (χ2v) is 9.79. The van der Waals surface area contributed by atoms with E-state index in [9.17, 15) is 8.78 Å². The van der Waals surface area contributed by atoms with Crippen LogP contribution in [0.1, 0.15) is 39.6 Å². The molecule has 1 saturated heterocycles. The van der Waals surface area contributed by atoms with Gasteiger partial charge in [0.15, 0.2) is 11.6 Å². The summed E-state index contributed by atoms with van der Waals surface area (Å²) in [4.78, 5) is 22.1. The van der Waals surface area contributed by atoms with E-state index in [1.54, 1.807) is 6.07 Å². The van der Waals surface area contributed by atoms with Crippen LogP contribution in [0.5, 0.6) is 0 Å². The zero-order valence-corrected chi connectivity index (χ0v) is 21.8. The van der Waals surface area contributed by atoms with E-state index in [0.717, 1.165) is 38.1 Å². The number of aryl methyl sites for hydroxylation is 1. The Kier molecular flexibility index (Phi) is 6.76. The molecule has 194 valence electrons. The molecule has 1 aromatic carbocycles. The third-order valence-electron chi connectivity index (χ3n) is 6.98. The highest BCUT2D eigenvalue weighted by atomic mass is 19.1. The molecule has 1 N–H and O–H groups in total. The first kappa shape index (κ1) is 25.0. The molecule has 1 unspecified atom stereocenters. The molecule has 3 aromatic heterocycles. The third kappa shape index (κ3) is 4.85. The number of anilines is 3. The summed E-state index contributed by atoms with van der Waals surface area (Å²) in [5, 5.41) is 3.04. The Balaban J connectivity index is 1.39. The van der Waals surface area contributed by atoms with E-state index in [4.69, 9.17) is 0 Å². The minimum atomic E-state index is -0.639. The van der Waals surface area contributed by atoms with E-state index in [2.05, 4.69) is 48.9 Å². The van der Waals surface area contributed by atoms with E-state index >= 15 is 0 Å². The monoisotopic (exact) mass is 506 g/mol. The average molecular weight is 507 g/mol. The van der Waals surface area contributed by atoms with Crippen molar-refractivity contribution in [1.82, 2.24) is 29.4 Å². The largest absolute Gasteiger partial charge is 0.367 e. The van der Waals surface area contributed by atoms with Crippen LogP contribution < -0.4 is 10.2 Å². The molecule has 37 heavy (non-hydrogen) atoms. The van der Waals surface area contributed by atoms with Crippen LogP contribution in [0, 0.1) is 18.6 Å². The smallest absolute Gasteiger partial charge is 0.229 e. The molecule has 0 amide bonds. The summed E-state index contributed by atoms with van der Waals surface area (Å²) in [6, 6.07) is 7.40. The number of halogens is 2. The molecule has 5 rings (SSSR count). The van der Waals surface area contributed by atoms with Crippen LogP contribution >= 0.6 is 0 Å². The average Bonchev–Trinajstić information content (AvgIpc) is 3.22. The lowest BCUT2D eigenvalue weighted by Crippen LogP contribution is -2.51. The van der Waals surface area contributed by atoms with Crippen molar-refractivity contribution in [1.29, 1.82) is 0 Å². The van der Waals surface area contributed by atoms with Crippen LogP contribution in [0.3, 0.4) is 0 Å². The van der Waals surface area contributed by atoms with E-state index in [1.807, 2.05) is 43.7 Å². The molecule has 1 aliphatic heterocycles. The second-order valence-electron chi connectivity index (χ2n) is 9.79. The van der Waals surface area contributed by atoms with Crippen LogP contribution in [-0.2, 0) is 0 Å². The number of hydrogen-bond donors (Lipinski definition) is 1. The summed E-state index contributed by atoms with van der Waals surface area (Å²) < 4.78 is 31.7. The lowest BCUT2D eigenvalue weighted by molar-refractivity contribution is 0.199. The molecule has 1 atom stereocenters. The highest BCUT2D eigenvalue weighted by Crippen LogP contribution is 2.30. The van der Waals surface area contributed by atoms with E-state index in [1.165, 1.54) is 6.07 Å². The van der Waals surface area contributed by atoms with Crippen molar-refractivity contribution in [2.24, 2.45) is 0 Å². The summed E-state index contributed by atoms with van der Waals surface area (Å²) in [6.07, 6.45) is 2.90. The summed E-state index contributed by atoms with van der Waals surface area (Å²) in [6.45, 7) is 14.2. The fourth-order valence-corrected chi connectivity index (χ4v) is 5.15. The molecule has 0 radical (unpaired) electrons. The first-order valence-corrected chi connectivity index (χ1v) is 12.7. The highest BCUT2D eigenvalue weighted by molar-refractivity contribution is 5.83. The standard InChI is InChI=1S/C27H32F2N8/c1-6-35-9-10-36(15-17(35)4)20-7-8-24(30-13-20)33-27-31-14-22(29)25(34-27)19-11-21(28)26-23(12-19)37(16(2)3)18(5)32-26/h7-8,11-14,16-17H,6,9-10,15H2,1-5H3,(H,30,31,33,34). The number of likely N-dealkylation sites (N-methyl/N-ethyl adjacent to an activating group) is 1. The van der Waals surface area contributed by atoms with Gasteiger partial charge in [-0.2, -0.15) is 0 Å².